The van der Waals surface area contributed by atoms with Crippen LogP contribution in [0.5, 0.6) is 0 Å². The van der Waals surface area contributed by atoms with Crippen molar-refractivity contribution in [1.82, 2.24) is 4.98 Å². The van der Waals surface area contributed by atoms with Crippen molar-refractivity contribution in [1.29, 1.82) is 0 Å². The third-order valence-corrected chi connectivity index (χ3v) is 3.14. The molecule has 90 valence electrons. The summed E-state index contributed by atoms with van der Waals surface area (Å²) in [6.07, 6.45) is 3.84. The van der Waals surface area contributed by atoms with Crippen LogP contribution in [-0.2, 0) is 4.74 Å². The van der Waals surface area contributed by atoms with Crippen LogP contribution in [0, 0.1) is 0 Å². The summed E-state index contributed by atoms with van der Waals surface area (Å²) in [4.78, 5) is 15.4. The van der Waals surface area contributed by atoms with Gasteiger partial charge < -0.3 is 4.74 Å². The molecule has 0 saturated carbocycles. The highest BCUT2D eigenvalue weighted by molar-refractivity contribution is 5.87. The molecule has 0 atom stereocenters. The highest BCUT2D eigenvalue weighted by Gasteiger charge is 2.08. The second-order valence-corrected chi connectivity index (χ2v) is 4.32. The number of hydrogen-bond donors (Lipinski definition) is 0. The molecule has 2 aromatic rings. The Morgan fingerprint density at radius 3 is 2.94 bits per heavy atom. The van der Waals surface area contributed by atoms with Crippen molar-refractivity contribution in [2.45, 2.75) is 6.42 Å². The molecule has 0 radical (unpaired) electrons. The van der Waals surface area contributed by atoms with Crippen LogP contribution in [-0.4, -0.2) is 24.5 Å². The molecule has 0 unspecified atom stereocenters. The van der Waals surface area contributed by atoms with Crippen molar-refractivity contribution in [3.63, 3.8) is 0 Å². The van der Waals surface area contributed by atoms with Crippen LogP contribution >= 0.6 is 0 Å². The smallest absolute Gasteiger partial charge is 0.150 e. The lowest BCUT2D eigenvalue weighted by molar-refractivity contribution is 0.112. The van der Waals surface area contributed by atoms with Gasteiger partial charge in [0.05, 0.1) is 24.4 Å². The van der Waals surface area contributed by atoms with Gasteiger partial charge in [-0.3, -0.25) is 4.79 Å². The molecule has 3 rings (SSSR count). The number of rotatable bonds is 2. The van der Waals surface area contributed by atoms with Crippen molar-refractivity contribution < 1.29 is 9.53 Å². The predicted molar refractivity (Wildman–Crippen MR) is 70.5 cm³/mol. The molecule has 0 fully saturated rings. The van der Waals surface area contributed by atoms with Gasteiger partial charge in [-0.2, -0.15) is 0 Å². The van der Waals surface area contributed by atoms with E-state index in [1.54, 1.807) is 6.07 Å². The fourth-order valence-electron chi connectivity index (χ4n) is 2.16. The molecule has 0 spiro atoms. The van der Waals surface area contributed by atoms with Gasteiger partial charge in [-0.25, -0.2) is 4.98 Å². The number of aldehydes is 1. The molecule has 0 bridgehead atoms. The predicted octanol–water partition coefficient (Wildman–Crippen LogP) is 2.85. The molecule has 0 aliphatic carbocycles. The number of ether oxygens (including phenoxy) is 1. The van der Waals surface area contributed by atoms with E-state index in [0.717, 1.165) is 35.9 Å². The Labute approximate surface area is 105 Å². The average Bonchev–Trinajstić information content (AvgIpc) is 2.47. The number of hydrogen-bond acceptors (Lipinski definition) is 3. The Morgan fingerprint density at radius 2 is 2.17 bits per heavy atom. The minimum absolute atomic E-state index is 0.666. The van der Waals surface area contributed by atoms with Crippen LogP contribution in [0.4, 0.5) is 0 Å². The van der Waals surface area contributed by atoms with Gasteiger partial charge in [-0.05, 0) is 36.3 Å². The number of pyridine rings is 1. The van der Waals surface area contributed by atoms with Crippen molar-refractivity contribution in [3.05, 3.63) is 47.7 Å². The molecular weight excluding hydrogens is 226 g/mol. The number of carbonyl (C=O) groups is 1. The van der Waals surface area contributed by atoms with Crippen molar-refractivity contribution in [2.75, 3.05) is 13.2 Å². The van der Waals surface area contributed by atoms with Crippen molar-refractivity contribution in [3.8, 4) is 0 Å². The van der Waals surface area contributed by atoms with Gasteiger partial charge in [0.1, 0.15) is 6.29 Å². The molecule has 1 aliphatic heterocycles. The summed E-state index contributed by atoms with van der Waals surface area (Å²) in [6, 6.07) is 9.57. The highest BCUT2D eigenvalue weighted by Crippen LogP contribution is 2.22. The first-order valence-electron chi connectivity index (χ1n) is 6.00. The van der Waals surface area contributed by atoms with Crippen LogP contribution in [0.15, 0.2) is 36.4 Å². The second-order valence-electron chi connectivity index (χ2n) is 4.32. The number of carbonyl (C=O) groups excluding carboxylic acids is 1. The lowest BCUT2D eigenvalue weighted by atomic mass is 10.1. The first-order chi connectivity index (χ1) is 8.86. The lowest BCUT2D eigenvalue weighted by Crippen LogP contribution is -2.04. The summed E-state index contributed by atoms with van der Waals surface area (Å²) in [5, 5.41) is 0.996. The Hall–Kier alpha value is -2.00. The molecule has 3 nitrogen and oxygen atoms in total. The van der Waals surface area contributed by atoms with Gasteiger partial charge >= 0.3 is 0 Å². The van der Waals surface area contributed by atoms with E-state index in [9.17, 15) is 4.79 Å². The molecule has 3 heteroatoms. The zero-order chi connectivity index (χ0) is 12.4. The summed E-state index contributed by atoms with van der Waals surface area (Å²) < 4.78 is 5.30. The van der Waals surface area contributed by atoms with E-state index in [2.05, 4.69) is 11.1 Å². The van der Waals surface area contributed by atoms with E-state index in [-0.39, 0.29) is 0 Å². The first kappa shape index (κ1) is 11.1. The van der Waals surface area contributed by atoms with E-state index in [0.29, 0.717) is 12.2 Å². The summed E-state index contributed by atoms with van der Waals surface area (Å²) in [5.74, 6) is 0. The van der Waals surface area contributed by atoms with E-state index < -0.39 is 0 Å². The van der Waals surface area contributed by atoms with Gasteiger partial charge in [0.25, 0.3) is 0 Å². The van der Waals surface area contributed by atoms with Crippen molar-refractivity contribution in [2.24, 2.45) is 0 Å². The minimum Gasteiger partial charge on any atom is -0.377 e. The molecule has 1 aliphatic rings. The van der Waals surface area contributed by atoms with Crippen LogP contribution in [0.2, 0.25) is 0 Å². The van der Waals surface area contributed by atoms with Gasteiger partial charge in [-0.15, -0.1) is 0 Å². The van der Waals surface area contributed by atoms with E-state index in [1.807, 2.05) is 24.3 Å². The minimum atomic E-state index is 0.666. The Balaban J connectivity index is 2.05. The number of fused-ring (bicyclic) bond motifs is 1. The Bertz CT molecular complexity index is 631. The summed E-state index contributed by atoms with van der Waals surface area (Å²) in [6.45, 7) is 1.43. The zero-order valence-corrected chi connectivity index (χ0v) is 9.93. The third-order valence-electron chi connectivity index (χ3n) is 3.14. The topological polar surface area (TPSA) is 39.2 Å². The third kappa shape index (κ3) is 2.05. The number of aromatic nitrogens is 1. The maximum Gasteiger partial charge on any atom is 0.150 e. The zero-order valence-electron chi connectivity index (χ0n) is 9.93. The molecule has 1 aromatic heterocycles. The fraction of sp³-hybridized carbons (Fsp3) is 0.200. The Kier molecular flexibility index (Phi) is 2.90. The SMILES string of the molecule is O=Cc1ccc2nc(C3=CCOCC3)ccc2c1. The highest BCUT2D eigenvalue weighted by atomic mass is 16.5. The van der Waals surface area contributed by atoms with Gasteiger partial charge in [0.15, 0.2) is 0 Å². The summed E-state index contributed by atoms with van der Waals surface area (Å²) >= 11 is 0. The molecular formula is C15H13NO2. The van der Waals surface area contributed by atoms with Gasteiger partial charge in [-0.1, -0.05) is 12.1 Å². The summed E-state index contributed by atoms with van der Waals surface area (Å²) in [7, 11) is 0. The van der Waals surface area contributed by atoms with E-state index in [1.165, 1.54) is 5.57 Å². The summed E-state index contributed by atoms with van der Waals surface area (Å²) in [5.41, 5.74) is 3.85. The average molecular weight is 239 g/mol. The van der Waals surface area contributed by atoms with E-state index >= 15 is 0 Å². The van der Waals surface area contributed by atoms with Gasteiger partial charge in [0.2, 0.25) is 0 Å². The van der Waals surface area contributed by atoms with Crippen LogP contribution < -0.4 is 0 Å². The monoisotopic (exact) mass is 239 g/mol. The van der Waals surface area contributed by atoms with Crippen molar-refractivity contribution >= 4 is 22.8 Å². The van der Waals surface area contributed by atoms with Crippen LogP contribution in [0.25, 0.3) is 16.5 Å². The second kappa shape index (κ2) is 4.70. The first-order valence-corrected chi connectivity index (χ1v) is 6.00. The number of benzene rings is 1. The quantitative estimate of drug-likeness (QED) is 0.756. The number of nitrogens with zero attached hydrogens (tertiary/aromatic N) is 1. The van der Waals surface area contributed by atoms with Crippen LogP contribution in [0.1, 0.15) is 22.5 Å². The van der Waals surface area contributed by atoms with Gasteiger partial charge in [0, 0.05) is 10.9 Å². The molecule has 18 heavy (non-hydrogen) atoms. The molecule has 0 amide bonds. The molecule has 0 saturated heterocycles. The Morgan fingerprint density at radius 1 is 1.22 bits per heavy atom. The standard InChI is InChI=1S/C15H13NO2/c17-10-11-1-3-15-13(9-11)2-4-14(16-15)12-5-7-18-8-6-12/h1-5,9-10H,6-8H2. The lowest BCUT2D eigenvalue weighted by Gasteiger charge is -2.13. The molecule has 1 aromatic carbocycles. The maximum atomic E-state index is 10.7. The maximum absolute atomic E-state index is 10.7. The van der Waals surface area contributed by atoms with Crippen LogP contribution in [0.3, 0.4) is 0 Å². The molecule has 2 heterocycles. The molecule has 0 N–H and O–H groups in total. The largest absolute Gasteiger partial charge is 0.377 e. The fourth-order valence-corrected chi connectivity index (χ4v) is 2.16. The van der Waals surface area contributed by atoms with E-state index in [4.69, 9.17) is 4.74 Å². The normalized spacial score (nSPS) is 15.4.